The fraction of sp³-hybridized carbons (Fsp3) is 0. The van der Waals surface area contributed by atoms with Crippen LogP contribution in [0.15, 0.2) is 35.4 Å². The van der Waals surface area contributed by atoms with Gasteiger partial charge in [-0.05, 0) is 12.1 Å². The van der Waals surface area contributed by atoms with E-state index in [0.29, 0.717) is 22.1 Å². The number of hydrogen-bond donors (Lipinski definition) is 2. The van der Waals surface area contributed by atoms with E-state index in [2.05, 4.69) is 15.2 Å². The maximum Gasteiger partial charge on any atom is 0.348 e. The number of nitrogen functional groups attached to an aromatic ring is 1. The molecule has 0 spiro atoms. The van der Waals surface area contributed by atoms with Crippen LogP contribution in [0, 0.1) is 0 Å². The highest BCUT2D eigenvalue weighted by Gasteiger charge is 2.07. The van der Waals surface area contributed by atoms with E-state index in [9.17, 15) is 4.79 Å². The normalized spacial score (nSPS) is 10.8. The molecule has 96 valence electrons. The molecule has 0 aliphatic heterocycles. The maximum absolute atomic E-state index is 11.3. The van der Waals surface area contributed by atoms with Crippen LogP contribution in [-0.2, 0) is 0 Å². The highest BCUT2D eigenvalue weighted by atomic mass is 35.5. The molecule has 3 N–H and O–H groups in total. The highest BCUT2D eigenvalue weighted by Crippen LogP contribution is 2.30. The number of anilines is 1. The lowest BCUT2D eigenvalue weighted by molar-refractivity contribution is 0.462. The molecular formula is C11H8ClN5O2. The summed E-state index contributed by atoms with van der Waals surface area (Å²) >= 11 is 5.98. The zero-order chi connectivity index (χ0) is 13.4. The van der Waals surface area contributed by atoms with Crippen LogP contribution < -0.4 is 16.2 Å². The van der Waals surface area contributed by atoms with Crippen molar-refractivity contribution in [2.24, 2.45) is 0 Å². The van der Waals surface area contributed by atoms with Crippen LogP contribution in [0.4, 0.5) is 5.69 Å². The lowest BCUT2D eigenvalue weighted by atomic mass is 10.3. The first-order valence-electron chi connectivity index (χ1n) is 5.29. The van der Waals surface area contributed by atoms with Crippen molar-refractivity contribution in [3.05, 3.63) is 46.1 Å². The fourth-order valence-corrected chi connectivity index (χ4v) is 1.72. The predicted octanol–water partition coefficient (Wildman–Crippen LogP) is 1.45. The van der Waals surface area contributed by atoms with Crippen molar-refractivity contribution in [3.63, 3.8) is 0 Å². The van der Waals surface area contributed by atoms with Crippen LogP contribution >= 0.6 is 11.6 Å². The second-order valence-corrected chi connectivity index (χ2v) is 4.18. The van der Waals surface area contributed by atoms with Gasteiger partial charge in [0.15, 0.2) is 5.65 Å². The highest BCUT2D eigenvalue weighted by molar-refractivity contribution is 6.32. The number of fused-ring (bicyclic) bond motifs is 1. The molecule has 0 atom stereocenters. The van der Waals surface area contributed by atoms with Crippen molar-refractivity contribution in [1.29, 1.82) is 0 Å². The zero-order valence-corrected chi connectivity index (χ0v) is 10.3. The lowest BCUT2D eigenvalue weighted by Crippen LogP contribution is -2.09. The Morgan fingerprint density at radius 2 is 2.21 bits per heavy atom. The third-order valence-electron chi connectivity index (χ3n) is 2.45. The van der Waals surface area contributed by atoms with E-state index in [1.807, 2.05) is 0 Å². The summed E-state index contributed by atoms with van der Waals surface area (Å²) in [5.74, 6) is 0.649. The first kappa shape index (κ1) is 11.5. The zero-order valence-electron chi connectivity index (χ0n) is 9.50. The van der Waals surface area contributed by atoms with Crippen LogP contribution in [0.3, 0.4) is 0 Å². The third kappa shape index (κ3) is 2.11. The van der Waals surface area contributed by atoms with Gasteiger partial charge in [0, 0.05) is 17.8 Å². The summed E-state index contributed by atoms with van der Waals surface area (Å²) in [5.41, 5.74) is 6.21. The SMILES string of the molecule is Nc1ccc(Cl)c(Oc2cc3n[nH]c(=O)n3cn2)c1. The van der Waals surface area contributed by atoms with Crippen molar-refractivity contribution in [2.75, 3.05) is 5.73 Å². The standard InChI is InChI=1S/C11H8ClN5O2/c12-7-2-1-6(13)3-8(7)19-10-4-9-15-16-11(18)17(9)5-14-10/h1-5H,13H2,(H,16,18). The van der Waals surface area contributed by atoms with Crippen molar-refractivity contribution in [1.82, 2.24) is 19.6 Å². The molecule has 8 heteroatoms. The molecule has 0 saturated heterocycles. The maximum atomic E-state index is 11.3. The minimum atomic E-state index is -0.365. The Balaban J connectivity index is 2.01. The topological polar surface area (TPSA) is 98.3 Å². The Kier molecular flexibility index (Phi) is 2.60. The molecule has 19 heavy (non-hydrogen) atoms. The summed E-state index contributed by atoms with van der Waals surface area (Å²) in [4.78, 5) is 15.3. The fourth-order valence-electron chi connectivity index (χ4n) is 1.56. The second-order valence-electron chi connectivity index (χ2n) is 3.78. The Hall–Kier alpha value is -2.54. The average molecular weight is 278 g/mol. The second kappa shape index (κ2) is 4.29. The van der Waals surface area contributed by atoms with Gasteiger partial charge in [-0.15, -0.1) is 0 Å². The van der Waals surface area contributed by atoms with Crippen LogP contribution in [0.2, 0.25) is 5.02 Å². The van der Waals surface area contributed by atoms with Gasteiger partial charge in [-0.2, -0.15) is 5.10 Å². The summed E-state index contributed by atoms with van der Waals surface area (Å²) in [7, 11) is 0. The van der Waals surface area contributed by atoms with Gasteiger partial charge >= 0.3 is 5.69 Å². The van der Waals surface area contributed by atoms with E-state index in [-0.39, 0.29) is 11.6 Å². The third-order valence-corrected chi connectivity index (χ3v) is 2.77. The smallest absolute Gasteiger partial charge is 0.348 e. The Morgan fingerprint density at radius 1 is 1.37 bits per heavy atom. The molecule has 0 unspecified atom stereocenters. The number of hydrogen-bond acceptors (Lipinski definition) is 5. The number of benzene rings is 1. The van der Waals surface area contributed by atoms with Crippen LogP contribution in [0.25, 0.3) is 5.65 Å². The van der Waals surface area contributed by atoms with Gasteiger partial charge in [0.2, 0.25) is 5.88 Å². The van der Waals surface area contributed by atoms with Crippen molar-refractivity contribution < 1.29 is 4.74 Å². The van der Waals surface area contributed by atoms with Gasteiger partial charge in [-0.25, -0.2) is 19.3 Å². The average Bonchev–Trinajstić information content (AvgIpc) is 2.75. The van der Waals surface area contributed by atoms with Crippen LogP contribution in [0.5, 0.6) is 11.6 Å². The van der Waals surface area contributed by atoms with Crippen LogP contribution in [-0.4, -0.2) is 19.6 Å². The van der Waals surface area contributed by atoms with E-state index in [4.69, 9.17) is 22.1 Å². The van der Waals surface area contributed by atoms with E-state index >= 15 is 0 Å². The number of halogens is 1. The number of aromatic amines is 1. The minimum Gasteiger partial charge on any atom is -0.437 e. The summed E-state index contributed by atoms with van der Waals surface area (Å²) in [6.45, 7) is 0. The summed E-state index contributed by atoms with van der Waals surface area (Å²) in [6, 6.07) is 6.39. The van der Waals surface area contributed by atoms with E-state index in [1.165, 1.54) is 16.8 Å². The molecule has 1 aromatic carbocycles. The largest absolute Gasteiger partial charge is 0.437 e. The molecule has 0 bridgehead atoms. The van der Waals surface area contributed by atoms with E-state index in [0.717, 1.165) is 0 Å². The molecule has 0 saturated carbocycles. The lowest BCUT2D eigenvalue weighted by Gasteiger charge is -2.07. The van der Waals surface area contributed by atoms with Gasteiger partial charge in [0.25, 0.3) is 0 Å². The number of nitrogens with one attached hydrogen (secondary N) is 1. The number of rotatable bonds is 2. The molecule has 0 aliphatic rings. The van der Waals surface area contributed by atoms with Gasteiger partial charge in [0.05, 0.1) is 5.02 Å². The quantitative estimate of drug-likeness (QED) is 0.691. The van der Waals surface area contributed by atoms with E-state index < -0.39 is 0 Å². The molecule has 2 heterocycles. The number of ether oxygens (including phenoxy) is 1. The Bertz CT molecular complexity index is 810. The Morgan fingerprint density at radius 3 is 3.05 bits per heavy atom. The van der Waals surface area contributed by atoms with Crippen molar-refractivity contribution in [3.8, 4) is 11.6 Å². The van der Waals surface area contributed by atoms with Gasteiger partial charge in [-0.3, -0.25) is 0 Å². The Labute approximate surface area is 111 Å². The summed E-state index contributed by atoms with van der Waals surface area (Å²) in [5, 5.41) is 6.52. The molecule has 0 aliphatic carbocycles. The van der Waals surface area contributed by atoms with Crippen molar-refractivity contribution in [2.45, 2.75) is 0 Å². The van der Waals surface area contributed by atoms with E-state index in [1.54, 1.807) is 18.2 Å². The molecule has 3 aromatic rings. The molecule has 0 fully saturated rings. The summed E-state index contributed by atoms with van der Waals surface area (Å²) in [6.07, 6.45) is 1.32. The monoisotopic (exact) mass is 277 g/mol. The summed E-state index contributed by atoms with van der Waals surface area (Å²) < 4.78 is 6.77. The number of H-pyrrole nitrogens is 1. The van der Waals surface area contributed by atoms with Crippen LogP contribution in [0.1, 0.15) is 0 Å². The van der Waals surface area contributed by atoms with Gasteiger partial charge in [-0.1, -0.05) is 11.6 Å². The number of aromatic nitrogens is 4. The predicted molar refractivity (Wildman–Crippen MR) is 69.5 cm³/mol. The van der Waals surface area contributed by atoms with Crippen molar-refractivity contribution >= 4 is 22.9 Å². The first-order chi connectivity index (χ1) is 9.13. The number of nitrogens with two attached hydrogens (primary N) is 1. The molecule has 0 amide bonds. The molecule has 2 aromatic heterocycles. The molecular weight excluding hydrogens is 270 g/mol. The van der Waals surface area contributed by atoms with Gasteiger partial charge in [0.1, 0.15) is 12.1 Å². The molecule has 0 radical (unpaired) electrons. The number of nitrogens with zero attached hydrogens (tertiary/aromatic N) is 3. The molecule has 7 nitrogen and oxygen atoms in total. The van der Waals surface area contributed by atoms with Gasteiger partial charge < -0.3 is 10.5 Å². The first-order valence-corrected chi connectivity index (χ1v) is 5.67. The molecule has 3 rings (SSSR count). The minimum absolute atomic E-state index is 0.263.